The Morgan fingerprint density at radius 2 is 1.73 bits per heavy atom. The van der Waals surface area contributed by atoms with Crippen molar-refractivity contribution in [3.8, 4) is 0 Å². The molecule has 1 saturated heterocycles. The molecule has 0 spiro atoms. The first kappa shape index (κ1) is 15.5. The molecule has 0 radical (unpaired) electrons. The van der Waals surface area contributed by atoms with Crippen molar-refractivity contribution in [2.45, 2.75) is 56.8 Å². The van der Waals surface area contributed by atoms with Gasteiger partial charge in [-0.15, -0.1) is 0 Å². The molecule has 2 fully saturated rings. The van der Waals surface area contributed by atoms with Crippen LogP contribution in [0, 0.1) is 0 Å². The van der Waals surface area contributed by atoms with E-state index in [1.54, 1.807) is 0 Å². The van der Waals surface area contributed by atoms with Gasteiger partial charge in [-0.1, -0.05) is 43.2 Å². The Labute approximate surface area is 132 Å². The van der Waals surface area contributed by atoms with Gasteiger partial charge in [0.1, 0.15) is 0 Å². The summed E-state index contributed by atoms with van der Waals surface area (Å²) in [6, 6.07) is 9.80. The zero-order valence-corrected chi connectivity index (χ0v) is 13.0. The van der Waals surface area contributed by atoms with Gasteiger partial charge in [-0.2, -0.15) is 0 Å². The Balaban J connectivity index is 1.73. The van der Waals surface area contributed by atoms with Crippen molar-refractivity contribution < 1.29 is 14.6 Å². The zero-order valence-electron chi connectivity index (χ0n) is 13.0. The fourth-order valence-electron chi connectivity index (χ4n) is 3.38. The lowest BCUT2D eigenvalue weighted by atomic mass is 10.0. The topological polar surface area (TPSA) is 49.8 Å². The summed E-state index contributed by atoms with van der Waals surface area (Å²) in [4.78, 5) is 14.8. The first-order valence-corrected chi connectivity index (χ1v) is 8.41. The lowest BCUT2D eigenvalue weighted by molar-refractivity contribution is -0.150. The summed E-state index contributed by atoms with van der Waals surface area (Å²) >= 11 is 0. The largest absolute Gasteiger partial charge is 0.393 e. The van der Waals surface area contributed by atoms with Gasteiger partial charge in [0.15, 0.2) is 6.10 Å². The lowest BCUT2D eigenvalue weighted by Gasteiger charge is -2.33. The smallest absolute Gasteiger partial charge is 0.256 e. The van der Waals surface area contributed by atoms with E-state index in [0.29, 0.717) is 25.9 Å². The lowest BCUT2D eigenvalue weighted by Crippen LogP contribution is -2.43. The van der Waals surface area contributed by atoms with Gasteiger partial charge in [0.2, 0.25) is 0 Å². The summed E-state index contributed by atoms with van der Waals surface area (Å²) in [6.07, 6.45) is 5.24. The summed E-state index contributed by atoms with van der Waals surface area (Å²) in [6.45, 7) is 1.24. The van der Waals surface area contributed by atoms with Gasteiger partial charge in [0.25, 0.3) is 5.91 Å². The van der Waals surface area contributed by atoms with Crippen LogP contribution in [0.15, 0.2) is 30.3 Å². The molecule has 22 heavy (non-hydrogen) atoms. The summed E-state index contributed by atoms with van der Waals surface area (Å²) < 4.78 is 6.19. The van der Waals surface area contributed by atoms with Crippen LogP contribution in [-0.4, -0.2) is 41.2 Å². The van der Waals surface area contributed by atoms with Crippen molar-refractivity contribution in [2.24, 2.45) is 0 Å². The molecule has 1 aromatic rings. The first-order chi connectivity index (χ1) is 10.7. The second kappa shape index (κ2) is 7.25. The van der Waals surface area contributed by atoms with E-state index >= 15 is 0 Å². The average molecular weight is 303 g/mol. The van der Waals surface area contributed by atoms with Crippen LogP contribution in [-0.2, 0) is 9.53 Å². The molecule has 1 N–H and O–H groups in total. The molecule has 0 bridgehead atoms. The molecule has 3 rings (SSSR count). The Bertz CT molecular complexity index is 476. The van der Waals surface area contributed by atoms with Crippen LogP contribution < -0.4 is 0 Å². The minimum atomic E-state index is -0.500. The van der Waals surface area contributed by atoms with E-state index in [0.717, 1.165) is 18.4 Å². The minimum Gasteiger partial charge on any atom is -0.393 e. The van der Waals surface area contributed by atoms with E-state index in [2.05, 4.69) is 0 Å². The standard InChI is InChI=1S/C18H25NO3/c20-15-10-12-19(13-11-15)18(21)17(14-6-2-1-3-7-14)22-16-8-4-5-9-16/h1-3,6-7,15-17,20H,4-5,8-13H2. The van der Waals surface area contributed by atoms with Gasteiger partial charge in [-0.25, -0.2) is 0 Å². The van der Waals surface area contributed by atoms with Crippen molar-refractivity contribution >= 4 is 5.91 Å². The van der Waals surface area contributed by atoms with Crippen molar-refractivity contribution in [2.75, 3.05) is 13.1 Å². The predicted molar refractivity (Wildman–Crippen MR) is 84.3 cm³/mol. The Hall–Kier alpha value is -1.39. The number of carbonyl (C=O) groups is 1. The second-order valence-corrected chi connectivity index (χ2v) is 6.39. The van der Waals surface area contributed by atoms with E-state index in [-0.39, 0.29) is 18.1 Å². The van der Waals surface area contributed by atoms with Crippen LogP contribution in [0.3, 0.4) is 0 Å². The molecular formula is C18H25NO3. The maximum atomic E-state index is 12.9. The molecule has 1 aliphatic heterocycles. The van der Waals surface area contributed by atoms with Gasteiger partial charge < -0.3 is 14.7 Å². The number of nitrogens with zero attached hydrogens (tertiary/aromatic N) is 1. The molecule has 0 aromatic heterocycles. The predicted octanol–water partition coefficient (Wildman–Crippen LogP) is 2.67. The van der Waals surface area contributed by atoms with Gasteiger partial charge in [-0.05, 0) is 31.2 Å². The van der Waals surface area contributed by atoms with Gasteiger partial charge in [0.05, 0.1) is 12.2 Å². The molecule has 1 aliphatic carbocycles. The maximum absolute atomic E-state index is 12.9. The maximum Gasteiger partial charge on any atom is 0.256 e. The van der Waals surface area contributed by atoms with Crippen LogP contribution >= 0.6 is 0 Å². The molecule has 4 heteroatoms. The quantitative estimate of drug-likeness (QED) is 0.930. The number of amides is 1. The Kier molecular flexibility index (Phi) is 5.11. The third-order valence-corrected chi connectivity index (χ3v) is 4.73. The molecular weight excluding hydrogens is 278 g/mol. The molecule has 1 atom stereocenters. The normalized spacial score (nSPS) is 22.0. The number of likely N-dealkylation sites (tertiary alicyclic amines) is 1. The number of aliphatic hydroxyl groups excluding tert-OH is 1. The number of benzene rings is 1. The number of hydrogen-bond donors (Lipinski definition) is 1. The third kappa shape index (κ3) is 3.68. The SMILES string of the molecule is O=C(C(OC1CCCC1)c1ccccc1)N1CCC(O)CC1. The van der Waals surface area contributed by atoms with Crippen molar-refractivity contribution in [3.63, 3.8) is 0 Å². The summed E-state index contributed by atoms with van der Waals surface area (Å²) in [5, 5.41) is 9.62. The molecule has 1 saturated carbocycles. The fourth-order valence-corrected chi connectivity index (χ4v) is 3.38. The fraction of sp³-hybridized carbons (Fsp3) is 0.611. The highest BCUT2D eigenvalue weighted by Gasteiger charge is 2.32. The second-order valence-electron chi connectivity index (χ2n) is 6.39. The first-order valence-electron chi connectivity index (χ1n) is 8.41. The van der Waals surface area contributed by atoms with Crippen LogP contribution in [0.5, 0.6) is 0 Å². The van der Waals surface area contributed by atoms with E-state index in [1.165, 1.54) is 12.8 Å². The number of piperidine rings is 1. The zero-order chi connectivity index (χ0) is 15.4. The number of carbonyl (C=O) groups excluding carboxylic acids is 1. The van der Waals surface area contributed by atoms with E-state index in [4.69, 9.17) is 4.74 Å². The van der Waals surface area contributed by atoms with E-state index in [1.807, 2.05) is 35.2 Å². The van der Waals surface area contributed by atoms with Crippen LogP contribution in [0.1, 0.15) is 50.2 Å². The summed E-state index contributed by atoms with van der Waals surface area (Å²) in [5.74, 6) is 0.0463. The number of rotatable bonds is 4. The summed E-state index contributed by atoms with van der Waals surface area (Å²) in [5.41, 5.74) is 0.936. The highest BCUT2D eigenvalue weighted by molar-refractivity contribution is 5.82. The van der Waals surface area contributed by atoms with E-state index in [9.17, 15) is 9.90 Å². The van der Waals surface area contributed by atoms with Gasteiger partial charge in [-0.3, -0.25) is 4.79 Å². The van der Waals surface area contributed by atoms with Crippen molar-refractivity contribution in [3.05, 3.63) is 35.9 Å². The molecule has 1 heterocycles. The monoisotopic (exact) mass is 303 g/mol. The van der Waals surface area contributed by atoms with Crippen LogP contribution in [0.4, 0.5) is 0 Å². The average Bonchev–Trinajstić information content (AvgIpc) is 3.07. The molecule has 1 unspecified atom stereocenters. The molecule has 120 valence electrons. The molecule has 2 aliphatic rings. The van der Waals surface area contributed by atoms with Gasteiger partial charge in [0, 0.05) is 13.1 Å². The third-order valence-electron chi connectivity index (χ3n) is 4.73. The molecule has 1 aromatic carbocycles. The minimum absolute atomic E-state index is 0.0463. The number of hydrogen-bond acceptors (Lipinski definition) is 3. The molecule has 4 nitrogen and oxygen atoms in total. The highest BCUT2D eigenvalue weighted by atomic mass is 16.5. The molecule has 1 amide bonds. The number of ether oxygens (including phenoxy) is 1. The van der Waals surface area contributed by atoms with Crippen LogP contribution in [0.2, 0.25) is 0 Å². The van der Waals surface area contributed by atoms with Crippen LogP contribution in [0.25, 0.3) is 0 Å². The summed E-state index contributed by atoms with van der Waals surface area (Å²) in [7, 11) is 0. The van der Waals surface area contributed by atoms with E-state index < -0.39 is 6.10 Å². The highest BCUT2D eigenvalue weighted by Crippen LogP contribution is 2.29. The van der Waals surface area contributed by atoms with Crippen molar-refractivity contribution in [1.29, 1.82) is 0 Å². The Morgan fingerprint density at radius 1 is 1.09 bits per heavy atom. The number of aliphatic hydroxyl groups is 1. The van der Waals surface area contributed by atoms with Crippen molar-refractivity contribution in [1.82, 2.24) is 4.90 Å². The van der Waals surface area contributed by atoms with Gasteiger partial charge >= 0.3 is 0 Å². The Morgan fingerprint density at radius 3 is 2.36 bits per heavy atom.